The highest BCUT2D eigenvalue weighted by Crippen LogP contribution is 2.35. The SMILES string of the molecule is OC[C@@H]1O[C@@H](O[C@@]2(CO)O[C@@H](CO)[C@H](O)[C@H]2O)[C@@H](O)[C@H](O)[C@H]1O. The molecule has 2 fully saturated rings. The van der Waals surface area contributed by atoms with Gasteiger partial charge in [-0.2, -0.15) is 0 Å². The summed E-state index contributed by atoms with van der Waals surface area (Å²) in [5.74, 6) is -2.22. The molecule has 11 heteroatoms. The van der Waals surface area contributed by atoms with E-state index in [0.29, 0.717) is 0 Å². The van der Waals surface area contributed by atoms with E-state index in [9.17, 15) is 30.6 Å². The third-order valence-electron chi connectivity index (χ3n) is 4.07. The second-order valence-corrected chi connectivity index (χ2v) is 5.56. The van der Waals surface area contributed by atoms with Crippen molar-refractivity contribution in [3.63, 3.8) is 0 Å². The zero-order valence-electron chi connectivity index (χ0n) is 12.0. The molecule has 0 unspecified atom stereocenters. The molecule has 0 bridgehead atoms. The Morgan fingerprint density at radius 2 is 1.39 bits per heavy atom. The molecular formula is C12H22O11. The summed E-state index contributed by atoms with van der Waals surface area (Å²) in [6.45, 7) is -2.32. The van der Waals surface area contributed by atoms with E-state index in [1.165, 1.54) is 0 Å². The second kappa shape index (κ2) is 7.21. The molecule has 8 N–H and O–H groups in total. The molecule has 2 saturated heterocycles. The minimum atomic E-state index is -2.22. The van der Waals surface area contributed by atoms with E-state index >= 15 is 0 Å². The Morgan fingerprint density at radius 1 is 0.783 bits per heavy atom. The van der Waals surface area contributed by atoms with Gasteiger partial charge in [-0.25, -0.2) is 0 Å². The van der Waals surface area contributed by atoms with Gasteiger partial charge in [0.15, 0.2) is 6.29 Å². The number of hydrogen-bond donors (Lipinski definition) is 8. The van der Waals surface area contributed by atoms with E-state index in [1.807, 2.05) is 0 Å². The molecular weight excluding hydrogens is 320 g/mol. The van der Waals surface area contributed by atoms with Gasteiger partial charge in [-0.1, -0.05) is 0 Å². The Bertz CT molecular complexity index is 393. The molecule has 2 aliphatic rings. The Kier molecular flexibility index (Phi) is 5.92. The van der Waals surface area contributed by atoms with Crippen molar-refractivity contribution in [2.24, 2.45) is 0 Å². The van der Waals surface area contributed by atoms with Crippen LogP contribution in [0.5, 0.6) is 0 Å². The van der Waals surface area contributed by atoms with Crippen molar-refractivity contribution in [1.29, 1.82) is 0 Å². The number of hydrogen-bond acceptors (Lipinski definition) is 11. The molecule has 9 atom stereocenters. The number of aliphatic hydroxyl groups excluding tert-OH is 8. The van der Waals surface area contributed by atoms with Crippen molar-refractivity contribution in [3.05, 3.63) is 0 Å². The zero-order valence-corrected chi connectivity index (χ0v) is 12.0. The largest absolute Gasteiger partial charge is 0.394 e. The van der Waals surface area contributed by atoms with Gasteiger partial charge < -0.3 is 55.1 Å². The van der Waals surface area contributed by atoms with Gasteiger partial charge in [0.25, 0.3) is 0 Å². The lowest BCUT2D eigenvalue weighted by Crippen LogP contribution is -2.62. The summed E-state index contributed by atoms with van der Waals surface area (Å²) in [4.78, 5) is 0. The third-order valence-corrected chi connectivity index (χ3v) is 4.07. The van der Waals surface area contributed by atoms with E-state index in [2.05, 4.69) is 0 Å². The van der Waals surface area contributed by atoms with E-state index in [4.69, 9.17) is 24.4 Å². The van der Waals surface area contributed by atoms with Crippen LogP contribution >= 0.6 is 0 Å². The lowest BCUT2D eigenvalue weighted by molar-refractivity contribution is -0.383. The molecule has 2 heterocycles. The van der Waals surface area contributed by atoms with Crippen LogP contribution in [0.1, 0.15) is 0 Å². The highest BCUT2D eigenvalue weighted by molar-refractivity contribution is 4.98. The highest BCUT2D eigenvalue weighted by Gasteiger charge is 2.58. The Balaban J connectivity index is 2.18. The van der Waals surface area contributed by atoms with Crippen molar-refractivity contribution in [2.45, 2.75) is 54.8 Å². The first-order valence-corrected chi connectivity index (χ1v) is 7.05. The molecule has 11 nitrogen and oxygen atoms in total. The van der Waals surface area contributed by atoms with E-state index < -0.39 is 74.6 Å². The van der Waals surface area contributed by atoms with Gasteiger partial charge in [0, 0.05) is 0 Å². The average Bonchev–Trinajstić information content (AvgIpc) is 2.80. The summed E-state index contributed by atoms with van der Waals surface area (Å²) in [5.41, 5.74) is 0. The van der Waals surface area contributed by atoms with Crippen LogP contribution in [0.25, 0.3) is 0 Å². The van der Waals surface area contributed by atoms with Gasteiger partial charge in [-0.3, -0.25) is 0 Å². The second-order valence-electron chi connectivity index (χ2n) is 5.56. The Hall–Kier alpha value is -0.440. The van der Waals surface area contributed by atoms with E-state index in [-0.39, 0.29) is 0 Å². The van der Waals surface area contributed by atoms with Crippen LogP contribution in [0.15, 0.2) is 0 Å². The molecule has 2 aliphatic heterocycles. The van der Waals surface area contributed by atoms with E-state index in [1.54, 1.807) is 0 Å². The lowest BCUT2D eigenvalue weighted by atomic mass is 9.99. The van der Waals surface area contributed by atoms with Gasteiger partial charge in [0.1, 0.15) is 49.3 Å². The predicted molar refractivity (Wildman–Crippen MR) is 68.6 cm³/mol. The van der Waals surface area contributed by atoms with Gasteiger partial charge >= 0.3 is 0 Å². The molecule has 0 aromatic carbocycles. The van der Waals surface area contributed by atoms with Crippen LogP contribution in [-0.4, -0.2) is 115 Å². The fraction of sp³-hybridized carbons (Fsp3) is 1.00. The topological polar surface area (TPSA) is 190 Å². The normalized spacial score (nSPS) is 51.1. The molecule has 2 rings (SSSR count). The van der Waals surface area contributed by atoms with Gasteiger partial charge in [-0.05, 0) is 0 Å². The van der Waals surface area contributed by atoms with Crippen molar-refractivity contribution in [1.82, 2.24) is 0 Å². The summed E-state index contributed by atoms with van der Waals surface area (Å²) < 4.78 is 15.4. The van der Waals surface area contributed by atoms with Crippen molar-refractivity contribution < 1.29 is 55.1 Å². The average molecular weight is 342 g/mol. The molecule has 0 aliphatic carbocycles. The van der Waals surface area contributed by atoms with Gasteiger partial charge in [0.2, 0.25) is 5.79 Å². The fourth-order valence-electron chi connectivity index (χ4n) is 2.63. The monoisotopic (exact) mass is 342 g/mol. The third kappa shape index (κ3) is 3.23. The summed E-state index contributed by atoms with van der Waals surface area (Å²) in [6.07, 6.45) is -12.7. The summed E-state index contributed by atoms with van der Waals surface area (Å²) >= 11 is 0. The molecule has 0 saturated carbocycles. The number of aliphatic hydroxyl groups is 8. The quantitative estimate of drug-likeness (QED) is 0.238. The Morgan fingerprint density at radius 3 is 1.87 bits per heavy atom. The van der Waals surface area contributed by atoms with Crippen molar-refractivity contribution in [3.8, 4) is 0 Å². The molecule has 23 heavy (non-hydrogen) atoms. The maximum absolute atomic E-state index is 10.00. The standard InChI is InChI=1S/C12H22O11/c13-1-4-6(16)8(18)9(19)11(21-4)23-12(3-15)10(20)7(17)5(2-14)22-12/h4-11,13-20H,1-3H2/t4-,5-,6-,7-,8+,9-,10+,11-,12+/m0/s1. The van der Waals surface area contributed by atoms with Gasteiger partial charge in [-0.15, -0.1) is 0 Å². The predicted octanol–water partition coefficient (Wildman–Crippen LogP) is -5.40. The van der Waals surface area contributed by atoms with Crippen molar-refractivity contribution >= 4 is 0 Å². The van der Waals surface area contributed by atoms with Gasteiger partial charge in [0.05, 0.1) is 13.2 Å². The van der Waals surface area contributed by atoms with Crippen LogP contribution in [0.2, 0.25) is 0 Å². The number of rotatable bonds is 5. The zero-order chi connectivity index (χ0) is 17.4. The Labute approximate surface area is 130 Å². The summed E-state index contributed by atoms with van der Waals surface area (Å²) in [7, 11) is 0. The van der Waals surface area contributed by atoms with Crippen molar-refractivity contribution in [2.75, 3.05) is 19.8 Å². The van der Waals surface area contributed by atoms with Crippen LogP contribution in [0.3, 0.4) is 0 Å². The molecule has 0 aromatic heterocycles. The first-order valence-electron chi connectivity index (χ1n) is 7.05. The molecule has 0 aromatic rings. The fourth-order valence-corrected chi connectivity index (χ4v) is 2.63. The first kappa shape index (κ1) is 18.9. The molecule has 0 amide bonds. The van der Waals surface area contributed by atoms with Crippen LogP contribution in [0.4, 0.5) is 0 Å². The lowest BCUT2D eigenvalue weighted by Gasteiger charge is -2.43. The molecule has 0 spiro atoms. The first-order chi connectivity index (χ1) is 10.8. The van der Waals surface area contributed by atoms with E-state index in [0.717, 1.165) is 0 Å². The maximum Gasteiger partial charge on any atom is 0.224 e. The maximum atomic E-state index is 10.00. The molecule has 136 valence electrons. The minimum Gasteiger partial charge on any atom is -0.394 e. The molecule has 0 radical (unpaired) electrons. The summed E-state index contributed by atoms with van der Waals surface area (Å²) in [5, 5.41) is 76.7. The van der Waals surface area contributed by atoms with Crippen LogP contribution in [0, 0.1) is 0 Å². The van der Waals surface area contributed by atoms with Crippen LogP contribution < -0.4 is 0 Å². The van der Waals surface area contributed by atoms with Crippen LogP contribution in [-0.2, 0) is 14.2 Å². The minimum absolute atomic E-state index is 0.669. The summed E-state index contributed by atoms with van der Waals surface area (Å²) in [6, 6.07) is 0. The smallest absolute Gasteiger partial charge is 0.224 e. The highest BCUT2D eigenvalue weighted by atomic mass is 16.8. The number of ether oxygens (including phenoxy) is 3.